The van der Waals surface area contributed by atoms with Gasteiger partial charge in [0, 0.05) is 29.1 Å². The highest BCUT2D eigenvalue weighted by Crippen LogP contribution is 2.26. The summed E-state index contributed by atoms with van der Waals surface area (Å²) in [5.41, 5.74) is 0.568. The van der Waals surface area contributed by atoms with Gasteiger partial charge in [-0.05, 0) is 32.9 Å². The van der Waals surface area contributed by atoms with Gasteiger partial charge in [-0.1, -0.05) is 10.8 Å². The Bertz CT molecular complexity index is 436. The molecule has 0 atom stereocenters. The molecule has 1 rings (SSSR count). The second-order valence-electron chi connectivity index (χ2n) is 5.02. The van der Waals surface area contributed by atoms with Gasteiger partial charge in [-0.2, -0.15) is 11.8 Å². The third kappa shape index (κ3) is 7.31. The van der Waals surface area contributed by atoms with E-state index in [9.17, 15) is 4.79 Å². The molecule has 0 aliphatic rings. The number of nitrogens with one attached hydrogen (secondary N) is 1. The Morgan fingerprint density at radius 3 is 2.90 bits per heavy atom. The van der Waals surface area contributed by atoms with Gasteiger partial charge in [0.05, 0.1) is 5.69 Å². The van der Waals surface area contributed by atoms with Gasteiger partial charge in [-0.25, -0.2) is 4.79 Å². The lowest BCUT2D eigenvalue weighted by atomic mass is 10.2. The highest BCUT2D eigenvalue weighted by atomic mass is 33.1. The molecule has 0 unspecified atom stereocenters. The summed E-state index contributed by atoms with van der Waals surface area (Å²) in [6.45, 7) is 6.12. The van der Waals surface area contributed by atoms with Crippen molar-refractivity contribution in [3.8, 4) is 0 Å². The van der Waals surface area contributed by atoms with Crippen LogP contribution in [0.2, 0.25) is 0 Å². The summed E-state index contributed by atoms with van der Waals surface area (Å²) in [6, 6.07) is 3.90. The van der Waals surface area contributed by atoms with Gasteiger partial charge >= 0.3 is 6.09 Å². The highest BCUT2D eigenvalue weighted by molar-refractivity contribution is 8.68. The number of pyridine rings is 1. The number of alkyl carbamates (subject to hydrolysis) is 1. The molecule has 0 aliphatic carbocycles. The van der Waals surface area contributed by atoms with Crippen LogP contribution in [-0.2, 0) is 10.5 Å². The molecule has 1 aromatic rings. The number of nitrogens with zero attached hydrogens (tertiary/aromatic N) is 1. The molecule has 112 valence electrons. The van der Waals surface area contributed by atoms with E-state index in [2.05, 4.69) is 22.0 Å². The van der Waals surface area contributed by atoms with Gasteiger partial charge in [0.25, 0.3) is 0 Å². The largest absolute Gasteiger partial charge is 0.444 e. The van der Waals surface area contributed by atoms with E-state index in [1.165, 1.54) is 10.8 Å². The minimum atomic E-state index is -0.454. The Balaban J connectivity index is 2.21. The van der Waals surface area contributed by atoms with Crippen LogP contribution < -0.4 is 5.32 Å². The summed E-state index contributed by atoms with van der Waals surface area (Å²) < 4.78 is 5.15. The molecule has 0 aromatic carbocycles. The van der Waals surface area contributed by atoms with Crippen LogP contribution in [0.4, 0.5) is 4.79 Å². The lowest BCUT2D eigenvalue weighted by Gasteiger charge is -2.19. The van der Waals surface area contributed by atoms with Gasteiger partial charge in [0.15, 0.2) is 0 Å². The lowest BCUT2D eigenvalue weighted by molar-refractivity contribution is 0.0531. The van der Waals surface area contributed by atoms with Crippen molar-refractivity contribution >= 4 is 40.3 Å². The second kappa shape index (κ2) is 8.69. The third-order valence-corrected chi connectivity index (χ3v) is 4.23. The van der Waals surface area contributed by atoms with E-state index in [1.54, 1.807) is 18.0 Å². The molecule has 1 N–H and O–H groups in total. The maximum atomic E-state index is 11.4. The molecule has 7 heteroatoms. The fraction of sp³-hybridized carbons (Fsp3) is 0.538. The van der Waals surface area contributed by atoms with Crippen LogP contribution in [0.1, 0.15) is 26.5 Å². The van der Waals surface area contributed by atoms with Crippen molar-refractivity contribution in [3.63, 3.8) is 0 Å². The van der Waals surface area contributed by atoms with Crippen molar-refractivity contribution in [3.05, 3.63) is 24.0 Å². The minimum Gasteiger partial charge on any atom is -0.444 e. The Morgan fingerprint density at radius 1 is 1.50 bits per heavy atom. The molecule has 20 heavy (non-hydrogen) atoms. The lowest BCUT2D eigenvalue weighted by Crippen LogP contribution is -2.33. The van der Waals surface area contributed by atoms with Crippen LogP contribution in [0.25, 0.3) is 0 Å². The number of aromatic nitrogens is 1. The predicted octanol–water partition coefficient (Wildman–Crippen LogP) is 3.78. The van der Waals surface area contributed by atoms with E-state index in [0.29, 0.717) is 6.54 Å². The summed E-state index contributed by atoms with van der Waals surface area (Å²) in [5.74, 6) is 1.62. The third-order valence-electron chi connectivity index (χ3n) is 2.10. The van der Waals surface area contributed by atoms with Gasteiger partial charge < -0.3 is 10.1 Å². The average molecular weight is 333 g/mol. The topological polar surface area (TPSA) is 51.2 Å². The SMILES string of the molecule is CC(C)(C)OC(=O)NCCSCc1ncccc1SS. The molecule has 0 radical (unpaired) electrons. The second-order valence-corrected chi connectivity index (χ2v) is 7.30. The molecular formula is C13H20N2O2S3. The number of hydrogen-bond acceptors (Lipinski definition) is 6. The summed E-state index contributed by atoms with van der Waals surface area (Å²) >= 11 is 5.92. The van der Waals surface area contributed by atoms with Crippen molar-refractivity contribution in [1.82, 2.24) is 10.3 Å². The number of ether oxygens (including phenoxy) is 1. The fourth-order valence-electron chi connectivity index (χ4n) is 1.32. The standard InChI is InChI=1S/C13H20N2O2S3/c1-13(2,3)17-12(16)15-7-8-19-9-10-11(20-18)5-4-6-14-10/h4-6,18H,7-9H2,1-3H3,(H,15,16). The number of carbonyl (C=O) groups is 1. The van der Waals surface area contributed by atoms with Crippen LogP contribution in [0.15, 0.2) is 23.2 Å². The number of carbonyl (C=O) groups excluding carboxylic acids is 1. The number of thioether (sulfide) groups is 1. The van der Waals surface area contributed by atoms with Crippen molar-refractivity contribution in [2.24, 2.45) is 0 Å². The molecule has 1 amide bonds. The van der Waals surface area contributed by atoms with Crippen LogP contribution >= 0.6 is 34.2 Å². The highest BCUT2D eigenvalue weighted by Gasteiger charge is 2.15. The van der Waals surface area contributed by atoms with Gasteiger partial charge in [-0.3, -0.25) is 4.98 Å². The number of rotatable bonds is 6. The molecule has 0 fully saturated rings. The van der Waals surface area contributed by atoms with Crippen LogP contribution in [0.3, 0.4) is 0 Å². The van der Waals surface area contributed by atoms with Crippen molar-refractivity contribution in [2.45, 2.75) is 37.0 Å². The van der Waals surface area contributed by atoms with E-state index in [0.717, 1.165) is 22.1 Å². The molecule has 0 aliphatic heterocycles. The van der Waals surface area contributed by atoms with Gasteiger partial charge in [-0.15, -0.1) is 11.7 Å². The Labute approximate surface area is 133 Å². The monoisotopic (exact) mass is 332 g/mol. The van der Waals surface area contributed by atoms with E-state index < -0.39 is 5.60 Å². The molecular weight excluding hydrogens is 312 g/mol. The number of hydrogen-bond donors (Lipinski definition) is 2. The van der Waals surface area contributed by atoms with Crippen molar-refractivity contribution in [1.29, 1.82) is 0 Å². The zero-order valence-corrected chi connectivity index (χ0v) is 14.4. The summed E-state index contributed by atoms with van der Waals surface area (Å²) in [5, 5.41) is 2.73. The van der Waals surface area contributed by atoms with Crippen LogP contribution in [-0.4, -0.2) is 29.0 Å². The van der Waals surface area contributed by atoms with Crippen LogP contribution in [0, 0.1) is 0 Å². The quantitative estimate of drug-likeness (QED) is 0.472. The minimum absolute atomic E-state index is 0.373. The first kappa shape index (κ1) is 17.5. The predicted molar refractivity (Wildman–Crippen MR) is 89.5 cm³/mol. The van der Waals surface area contributed by atoms with E-state index in [-0.39, 0.29) is 6.09 Å². The smallest absolute Gasteiger partial charge is 0.407 e. The first-order chi connectivity index (χ1) is 9.42. The molecule has 1 heterocycles. The zero-order valence-electron chi connectivity index (χ0n) is 11.9. The van der Waals surface area contributed by atoms with E-state index in [4.69, 9.17) is 4.74 Å². The molecule has 0 spiro atoms. The van der Waals surface area contributed by atoms with Gasteiger partial charge in [0.1, 0.15) is 5.60 Å². The molecule has 4 nitrogen and oxygen atoms in total. The average Bonchev–Trinajstić information content (AvgIpc) is 2.36. The zero-order chi connectivity index (χ0) is 15.0. The van der Waals surface area contributed by atoms with Crippen molar-refractivity contribution < 1.29 is 9.53 Å². The Hall–Kier alpha value is -0.530. The Kier molecular flexibility index (Phi) is 7.61. The first-order valence-electron chi connectivity index (χ1n) is 6.22. The molecule has 0 saturated carbocycles. The maximum Gasteiger partial charge on any atom is 0.407 e. The summed E-state index contributed by atoms with van der Waals surface area (Å²) in [4.78, 5) is 16.8. The normalized spacial score (nSPS) is 11.2. The van der Waals surface area contributed by atoms with E-state index >= 15 is 0 Å². The van der Waals surface area contributed by atoms with E-state index in [1.807, 2.05) is 32.9 Å². The van der Waals surface area contributed by atoms with Crippen molar-refractivity contribution in [2.75, 3.05) is 12.3 Å². The van der Waals surface area contributed by atoms with Gasteiger partial charge in [0.2, 0.25) is 0 Å². The Morgan fingerprint density at radius 2 is 2.25 bits per heavy atom. The molecule has 1 aromatic heterocycles. The molecule has 0 bridgehead atoms. The maximum absolute atomic E-state index is 11.4. The first-order valence-corrected chi connectivity index (χ1v) is 9.24. The number of thiol groups is 1. The summed E-state index contributed by atoms with van der Waals surface area (Å²) in [6.07, 6.45) is 1.41. The molecule has 0 saturated heterocycles. The fourth-order valence-corrected chi connectivity index (χ4v) is 3.10. The summed E-state index contributed by atoms with van der Waals surface area (Å²) in [7, 11) is 1.40. The van der Waals surface area contributed by atoms with Crippen LogP contribution in [0.5, 0.6) is 0 Å². The number of amides is 1.